The van der Waals surface area contributed by atoms with Gasteiger partial charge in [-0.15, -0.1) is 0 Å². The molecule has 2 atom stereocenters. The van der Waals surface area contributed by atoms with Crippen LogP contribution in [0.15, 0.2) is 48.5 Å². The summed E-state index contributed by atoms with van der Waals surface area (Å²) in [7, 11) is 0. The third kappa shape index (κ3) is 3.12. The molecule has 1 fully saturated rings. The van der Waals surface area contributed by atoms with E-state index in [1.165, 1.54) is 16.7 Å². The molecule has 2 aromatic rings. The highest BCUT2D eigenvalue weighted by Crippen LogP contribution is 2.28. The predicted molar refractivity (Wildman–Crippen MR) is 92.9 cm³/mol. The molecule has 0 unspecified atom stereocenters. The first-order valence-corrected chi connectivity index (χ1v) is 8.57. The lowest BCUT2D eigenvalue weighted by atomic mass is 9.95. The molecule has 2 heterocycles. The molecule has 0 spiro atoms. The molecule has 0 radical (unpaired) electrons. The highest BCUT2D eigenvalue weighted by molar-refractivity contribution is 5.39. The van der Waals surface area contributed by atoms with Gasteiger partial charge in [0.2, 0.25) is 0 Å². The fourth-order valence-electron chi connectivity index (χ4n) is 3.83. The molecule has 23 heavy (non-hydrogen) atoms. The first-order valence-electron chi connectivity index (χ1n) is 8.57. The molecular formula is C20H24N2O. The highest BCUT2D eigenvalue weighted by atomic mass is 16.5. The Balaban J connectivity index is 1.37. The average molecular weight is 308 g/mol. The third-order valence-corrected chi connectivity index (χ3v) is 5.14. The van der Waals surface area contributed by atoms with Crippen molar-refractivity contribution >= 4 is 0 Å². The molecule has 4 rings (SSSR count). The summed E-state index contributed by atoms with van der Waals surface area (Å²) >= 11 is 0. The highest BCUT2D eigenvalue weighted by Gasteiger charge is 2.30. The molecule has 0 amide bonds. The van der Waals surface area contributed by atoms with Gasteiger partial charge in [0.1, 0.15) is 5.75 Å². The first-order chi connectivity index (χ1) is 11.3. The fraction of sp³-hybridized carbons (Fsp3) is 0.400. The van der Waals surface area contributed by atoms with Crippen molar-refractivity contribution in [2.75, 3.05) is 26.2 Å². The standard InChI is InChI=1S/C20H24N2O/c21-19-14-22(13-18(19)16-4-2-1-3-5-16)10-8-15-6-7-20-17(12-15)9-11-23-20/h1-7,12,18-19H,8-11,13-14,21H2/t18-,19+/m0/s1. The fourth-order valence-corrected chi connectivity index (χ4v) is 3.83. The number of hydrogen-bond acceptors (Lipinski definition) is 3. The SMILES string of the molecule is N[C@@H]1CN(CCc2ccc3c(c2)CCO3)C[C@H]1c1ccccc1. The van der Waals surface area contributed by atoms with Crippen molar-refractivity contribution in [3.63, 3.8) is 0 Å². The van der Waals surface area contributed by atoms with Crippen molar-refractivity contribution < 1.29 is 4.74 Å². The summed E-state index contributed by atoms with van der Waals surface area (Å²) < 4.78 is 5.58. The normalized spacial score (nSPS) is 23.7. The number of likely N-dealkylation sites (tertiary alicyclic amines) is 1. The van der Waals surface area contributed by atoms with E-state index in [9.17, 15) is 0 Å². The Bertz CT molecular complexity index is 671. The van der Waals surface area contributed by atoms with Gasteiger partial charge in [0, 0.05) is 38.0 Å². The van der Waals surface area contributed by atoms with Crippen LogP contribution in [0.2, 0.25) is 0 Å². The number of fused-ring (bicyclic) bond motifs is 1. The van der Waals surface area contributed by atoms with Crippen LogP contribution < -0.4 is 10.5 Å². The molecule has 0 saturated carbocycles. The van der Waals surface area contributed by atoms with Gasteiger partial charge in [-0.25, -0.2) is 0 Å². The Morgan fingerprint density at radius 2 is 1.96 bits per heavy atom. The third-order valence-electron chi connectivity index (χ3n) is 5.14. The lowest BCUT2D eigenvalue weighted by molar-refractivity contribution is 0.335. The molecule has 2 aliphatic rings. The minimum Gasteiger partial charge on any atom is -0.493 e. The molecule has 1 saturated heterocycles. The topological polar surface area (TPSA) is 38.5 Å². The second-order valence-corrected chi connectivity index (χ2v) is 6.73. The molecule has 0 aromatic heterocycles. The smallest absolute Gasteiger partial charge is 0.122 e. The van der Waals surface area contributed by atoms with E-state index in [1.54, 1.807) is 0 Å². The summed E-state index contributed by atoms with van der Waals surface area (Å²) in [6.45, 7) is 3.97. The molecule has 0 aliphatic carbocycles. The Hall–Kier alpha value is -1.84. The summed E-state index contributed by atoms with van der Waals surface area (Å²) in [5.41, 5.74) is 10.5. The monoisotopic (exact) mass is 308 g/mol. The molecule has 3 nitrogen and oxygen atoms in total. The Morgan fingerprint density at radius 3 is 2.83 bits per heavy atom. The molecule has 120 valence electrons. The van der Waals surface area contributed by atoms with Crippen LogP contribution in [0.4, 0.5) is 0 Å². The number of rotatable bonds is 4. The van der Waals surface area contributed by atoms with Crippen molar-refractivity contribution in [3.8, 4) is 5.75 Å². The van der Waals surface area contributed by atoms with E-state index in [2.05, 4.69) is 53.4 Å². The van der Waals surface area contributed by atoms with Crippen LogP contribution in [-0.2, 0) is 12.8 Å². The Kier molecular flexibility index (Phi) is 4.06. The lowest BCUT2D eigenvalue weighted by Gasteiger charge is -2.16. The maximum atomic E-state index is 6.39. The second-order valence-electron chi connectivity index (χ2n) is 6.73. The summed E-state index contributed by atoms with van der Waals surface area (Å²) in [6.07, 6.45) is 2.13. The van der Waals surface area contributed by atoms with E-state index >= 15 is 0 Å². The van der Waals surface area contributed by atoms with Gasteiger partial charge in [0.05, 0.1) is 6.61 Å². The number of nitrogens with two attached hydrogens (primary N) is 1. The molecule has 3 heteroatoms. The zero-order valence-electron chi connectivity index (χ0n) is 13.4. The van der Waals surface area contributed by atoms with E-state index in [-0.39, 0.29) is 6.04 Å². The van der Waals surface area contributed by atoms with Crippen molar-refractivity contribution in [1.82, 2.24) is 4.90 Å². The predicted octanol–water partition coefficient (Wildman–Crippen LogP) is 2.59. The first kappa shape index (κ1) is 14.7. The van der Waals surface area contributed by atoms with E-state index in [1.807, 2.05) is 0 Å². The number of ether oxygens (including phenoxy) is 1. The minimum absolute atomic E-state index is 0.242. The summed E-state index contributed by atoms with van der Waals surface area (Å²) in [5, 5.41) is 0. The van der Waals surface area contributed by atoms with Gasteiger partial charge in [-0.2, -0.15) is 0 Å². The van der Waals surface area contributed by atoms with E-state index in [4.69, 9.17) is 10.5 Å². The average Bonchev–Trinajstić information content (AvgIpc) is 3.19. The summed E-state index contributed by atoms with van der Waals surface area (Å²) in [6, 6.07) is 17.6. The van der Waals surface area contributed by atoms with Crippen molar-refractivity contribution in [2.24, 2.45) is 5.73 Å². The van der Waals surface area contributed by atoms with Crippen LogP contribution in [0, 0.1) is 0 Å². The van der Waals surface area contributed by atoms with Gasteiger partial charge in [0.25, 0.3) is 0 Å². The van der Waals surface area contributed by atoms with Gasteiger partial charge in [-0.3, -0.25) is 0 Å². The molecule has 2 N–H and O–H groups in total. The van der Waals surface area contributed by atoms with Crippen LogP contribution in [0.1, 0.15) is 22.6 Å². The quantitative estimate of drug-likeness (QED) is 0.943. The molecule has 0 bridgehead atoms. The number of hydrogen-bond donors (Lipinski definition) is 1. The zero-order valence-corrected chi connectivity index (χ0v) is 13.4. The Labute approximate surface area is 138 Å². The van der Waals surface area contributed by atoms with Crippen molar-refractivity contribution in [3.05, 3.63) is 65.2 Å². The van der Waals surface area contributed by atoms with E-state index in [0.29, 0.717) is 5.92 Å². The summed E-state index contributed by atoms with van der Waals surface area (Å²) in [4.78, 5) is 2.51. The van der Waals surface area contributed by atoms with Crippen LogP contribution in [0.3, 0.4) is 0 Å². The number of benzene rings is 2. The second kappa shape index (κ2) is 6.34. The zero-order chi connectivity index (χ0) is 15.6. The van der Waals surface area contributed by atoms with Gasteiger partial charge >= 0.3 is 0 Å². The van der Waals surface area contributed by atoms with E-state index in [0.717, 1.165) is 44.8 Å². The van der Waals surface area contributed by atoms with Gasteiger partial charge in [-0.05, 0) is 29.2 Å². The van der Waals surface area contributed by atoms with Crippen LogP contribution in [0.5, 0.6) is 5.75 Å². The maximum Gasteiger partial charge on any atom is 0.122 e. The van der Waals surface area contributed by atoms with Crippen molar-refractivity contribution in [1.29, 1.82) is 0 Å². The lowest BCUT2D eigenvalue weighted by Crippen LogP contribution is -2.29. The van der Waals surface area contributed by atoms with Crippen LogP contribution >= 0.6 is 0 Å². The van der Waals surface area contributed by atoms with Gasteiger partial charge in [-0.1, -0.05) is 42.5 Å². The van der Waals surface area contributed by atoms with Crippen LogP contribution in [-0.4, -0.2) is 37.2 Å². The van der Waals surface area contributed by atoms with Crippen LogP contribution in [0.25, 0.3) is 0 Å². The van der Waals surface area contributed by atoms with Gasteiger partial charge in [0.15, 0.2) is 0 Å². The van der Waals surface area contributed by atoms with Crippen molar-refractivity contribution in [2.45, 2.75) is 24.8 Å². The minimum atomic E-state index is 0.242. The van der Waals surface area contributed by atoms with Gasteiger partial charge < -0.3 is 15.4 Å². The number of nitrogens with zero attached hydrogens (tertiary/aromatic N) is 1. The molecule has 2 aliphatic heterocycles. The molecule has 2 aromatic carbocycles. The van der Waals surface area contributed by atoms with E-state index < -0.39 is 0 Å². The molecular weight excluding hydrogens is 284 g/mol. The maximum absolute atomic E-state index is 6.39. The summed E-state index contributed by atoms with van der Waals surface area (Å²) in [5.74, 6) is 1.53. The Morgan fingerprint density at radius 1 is 1.09 bits per heavy atom. The largest absolute Gasteiger partial charge is 0.493 e.